The highest BCUT2D eigenvalue weighted by Gasteiger charge is 2.08. The van der Waals surface area contributed by atoms with Gasteiger partial charge in [-0.1, -0.05) is 51.8 Å². The van der Waals surface area contributed by atoms with E-state index < -0.39 is 0 Å². The molecule has 0 amide bonds. The van der Waals surface area contributed by atoms with E-state index in [2.05, 4.69) is 32.0 Å². The first kappa shape index (κ1) is 15.2. The maximum Gasteiger partial charge on any atom is 0.0960 e. The van der Waals surface area contributed by atoms with Crippen LogP contribution in [0.5, 0.6) is 0 Å². The van der Waals surface area contributed by atoms with E-state index in [-0.39, 0.29) is 12.6 Å². The van der Waals surface area contributed by atoms with Gasteiger partial charge in [0.2, 0.25) is 0 Å². The summed E-state index contributed by atoms with van der Waals surface area (Å²) in [4.78, 5) is 0. The van der Waals surface area contributed by atoms with Crippen LogP contribution in [0.25, 0.3) is 0 Å². The average molecular weight is 250 g/mol. The molecule has 18 heavy (non-hydrogen) atoms. The number of hydrogen-bond donors (Lipinski definition) is 0. The Morgan fingerprint density at radius 1 is 0.944 bits per heavy atom. The molecule has 0 bridgehead atoms. The second-order valence-corrected chi connectivity index (χ2v) is 5.35. The fourth-order valence-electron chi connectivity index (χ4n) is 2.22. The van der Waals surface area contributed by atoms with Crippen LogP contribution in [0.1, 0.15) is 69.1 Å². The molecule has 0 radical (unpaired) electrons. The zero-order chi connectivity index (χ0) is 13.4. The van der Waals surface area contributed by atoms with Crippen molar-refractivity contribution in [3.05, 3.63) is 34.9 Å². The number of hydrogen-bond acceptors (Lipinski definition) is 0. The first-order chi connectivity index (χ1) is 8.71. The van der Waals surface area contributed by atoms with E-state index in [1.807, 2.05) is 6.92 Å². The minimum atomic E-state index is -0.259. The van der Waals surface area contributed by atoms with Crippen molar-refractivity contribution in [2.24, 2.45) is 0 Å². The van der Waals surface area contributed by atoms with Crippen LogP contribution < -0.4 is 0 Å². The standard InChI is InChI=1S/C17H27F/c1-4-6-8-15-10-16(9-7-5-2)12-17(11-15)14(3)13-18/h10-12,14H,4-9,13H2,1-3H3. The van der Waals surface area contributed by atoms with E-state index in [0.717, 1.165) is 12.8 Å². The highest BCUT2D eigenvalue weighted by Crippen LogP contribution is 2.22. The molecular weight excluding hydrogens is 223 g/mol. The predicted molar refractivity (Wildman–Crippen MR) is 78.1 cm³/mol. The molecule has 1 aromatic carbocycles. The third-order valence-corrected chi connectivity index (χ3v) is 3.51. The Bertz CT molecular complexity index is 317. The molecule has 0 aliphatic heterocycles. The number of rotatable bonds is 8. The van der Waals surface area contributed by atoms with Crippen molar-refractivity contribution in [1.82, 2.24) is 0 Å². The minimum Gasteiger partial charge on any atom is -0.250 e. The maximum atomic E-state index is 12.8. The van der Waals surface area contributed by atoms with Crippen molar-refractivity contribution in [2.45, 2.75) is 65.2 Å². The van der Waals surface area contributed by atoms with E-state index >= 15 is 0 Å². The second kappa shape index (κ2) is 8.29. The molecule has 1 heteroatoms. The van der Waals surface area contributed by atoms with Gasteiger partial charge in [0, 0.05) is 5.92 Å². The second-order valence-electron chi connectivity index (χ2n) is 5.35. The summed E-state index contributed by atoms with van der Waals surface area (Å²) in [7, 11) is 0. The van der Waals surface area contributed by atoms with Crippen molar-refractivity contribution in [3.8, 4) is 0 Å². The number of alkyl halides is 1. The predicted octanol–water partition coefficient (Wildman–Crippen LogP) is 5.44. The molecule has 0 nitrogen and oxygen atoms in total. The summed E-state index contributed by atoms with van der Waals surface area (Å²) in [6.45, 7) is 6.14. The van der Waals surface area contributed by atoms with E-state index in [9.17, 15) is 4.39 Å². The van der Waals surface area contributed by atoms with E-state index in [1.54, 1.807) is 0 Å². The Morgan fingerprint density at radius 2 is 1.44 bits per heavy atom. The summed E-state index contributed by atoms with van der Waals surface area (Å²) in [6.07, 6.45) is 7.13. The van der Waals surface area contributed by atoms with Gasteiger partial charge in [0.05, 0.1) is 6.67 Å². The summed E-state index contributed by atoms with van der Waals surface area (Å²) >= 11 is 0. The lowest BCUT2D eigenvalue weighted by Gasteiger charge is -2.13. The van der Waals surface area contributed by atoms with Crippen LogP contribution >= 0.6 is 0 Å². The SMILES string of the molecule is CCCCc1cc(CCCC)cc(C(C)CF)c1. The molecule has 0 aliphatic carbocycles. The fraction of sp³-hybridized carbons (Fsp3) is 0.647. The first-order valence-electron chi connectivity index (χ1n) is 7.39. The van der Waals surface area contributed by atoms with Crippen LogP contribution in [0.4, 0.5) is 4.39 Å². The van der Waals surface area contributed by atoms with Gasteiger partial charge in [0.15, 0.2) is 0 Å². The van der Waals surface area contributed by atoms with Crippen LogP contribution in [0.2, 0.25) is 0 Å². The molecule has 0 saturated heterocycles. The molecule has 1 atom stereocenters. The third kappa shape index (κ3) is 4.80. The van der Waals surface area contributed by atoms with Crippen LogP contribution in [0, 0.1) is 0 Å². The Hall–Kier alpha value is -0.850. The molecule has 1 rings (SSSR count). The minimum absolute atomic E-state index is 0.0342. The lowest BCUT2D eigenvalue weighted by Crippen LogP contribution is -2.00. The largest absolute Gasteiger partial charge is 0.250 e. The van der Waals surface area contributed by atoms with Crippen LogP contribution in [0.15, 0.2) is 18.2 Å². The molecule has 102 valence electrons. The number of benzene rings is 1. The maximum absolute atomic E-state index is 12.8. The highest BCUT2D eigenvalue weighted by molar-refractivity contribution is 5.32. The van der Waals surface area contributed by atoms with E-state index in [1.165, 1.54) is 42.4 Å². The topological polar surface area (TPSA) is 0 Å². The van der Waals surface area contributed by atoms with Crippen LogP contribution in [-0.2, 0) is 12.8 Å². The van der Waals surface area contributed by atoms with Gasteiger partial charge in [0.1, 0.15) is 0 Å². The normalized spacial score (nSPS) is 12.7. The van der Waals surface area contributed by atoms with Crippen molar-refractivity contribution in [1.29, 1.82) is 0 Å². The highest BCUT2D eigenvalue weighted by atomic mass is 19.1. The molecule has 0 aromatic heterocycles. The van der Waals surface area contributed by atoms with Crippen LogP contribution in [-0.4, -0.2) is 6.67 Å². The molecular formula is C17H27F. The molecule has 0 heterocycles. The summed E-state index contributed by atoms with van der Waals surface area (Å²) in [6, 6.07) is 6.73. The Labute approximate surface area is 112 Å². The van der Waals surface area contributed by atoms with Gasteiger partial charge in [-0.05, 0) is 42.4 Å². The van der Waals surface area contributed by atoms with E-state index in [4.69, 9.17) is 0 Å². The van der Waals surface area contributed by atoms with Crippen molar-refractivity contribution in [3.63, 3.8) is 0 Å². The molecule has 0 aliphatic rings. The first-order valence-corrected chi connectivity index (χ1v) is 7.39. The van der Waals surface area contributed by atoms with Gasteiger partial charge < -0.3 is 0 Å². The zero-order valence-electron chi connectivity index (χ0n) is 12.1. The third-order valence-electron chi connectivity index (χ3n) is 3.51. The zero-order valence-corrected chi connectivity index (χ0v) is 12.1. The summed E-state index contributed by atoms with van der Waals surface area (Å²) in [5.41, 5.74) is 3.96. The molecule has 0 fully saturated rings. The number of halogens is 1. The quantitative estimate of drug-likeness (QED) is 0.576. The number of unbranched alkanes of at least 4 members (excludes halogenated alkanes) is 2. The van der Waals surface area contributed by atoms with Crippen molar-refractivity contribution < 1.29 is 4.39 Å². The monoisotopic (exact) mass is 250 g/mol. The van der Waals surface area contributed by atoms with Crippen molar-refractivity contribution in [2.75, 3.05) is 6.67 Å². The Morgan fingerprint density at radius 3 is 1.83 bits per heavy atom. The molecule has 1 aromatic rings. The van der Waals surface area contributed by atoms with Gasteiger partial charge in [-0.3, -0.25) is 4.39 Å². The smallest absolute Gasteiger partial charge is 0.0960 e. The summed E-state index contributed by atoms with van der Waals surface area (Å²) in [5, 5.41) is 0. The lowest BCUT2D eigenvalue weighted by atomic mass is 9.93. The van der Waals surface area contributed by atoms with Gasteiger partial charge in [-0.2, -0.15) is 0 Å². The van der Waals surface area contributed by atoms with E-state index in [0.29, 0.717) is 0 Å². The van der Waals surface area contributed by atoms with Crippen LogP contribution in [0.3, 0.4) is 0 Å². The van der Waals surface area contributed by atoms with Crippen molar-refractivity contribution >= 4 is 0 Å². The Balaban J connectivity index is 2.88. The fourth-order valence-corrected chi connectivity index (χ4v) is 2.22. The van der Waals surface area contributed by atoms with Gasteiger partial charge in [0.25, 0.3) is 0 Å². The average Bonchev–Trinajstić information content (AvgIpc) is 2.41. The van der Waals surface area contributed by atoms with Gasteiger partial charge in [-0.25, -0.2) is 0 Å². The Kier molecular flexibility index (Phi) is 7.00. The lowest BCUT2D eigenvalue weighted by molar-refractivity contribution is 0.447. The molecule has 1 unspecified atom stereocenters. The number of aryl methyl sites for hydroxylation is 2. The molecule has 0 spiro atoms. The molecule has 0 saturated carbocycles. The van der Waals surface area contributed by atoms with Gasteiger partial charge in [-0.15, -0.1) is 0 Å². The summed E-state index contributed by atoms with van der Waals surface area (Å²) < 4.78 is 12.8. The summed E-state index contributed by atoms with van der Waals surface area (Å²) in [5.74, 6) is 0.0342. The molecule has 0 N–H and O–H groups in total. The van der Waals surface area contributed by atoms with Gasteiger partial charge >= 0.3 is 0 Å².